The first kappa shape index (κ1) is 38.6. The van der Waals surface area contributed by atoms with Crippen molar-refractivity contribution in [3.63, 3.8) is 0 Å². The maximum atomic E-state index is 12.9. The van der Waals surface area contributed by atoms with Crippen molar-refractivity contribution in [2.75, 3.05) is 11.1 Å². The Labute approximate surface area is 341 Å². The van der Waals surface area contributed by atoms with Crippen LogP contribution in [0.25, 0.3) is 16.8 Å². The van der Waals surface area contributed by atoms with Gasteiger partial charge in [-0.05, 0) is 86.8 Å². The number of aliphatic hydroxyl groups excluding tert-OH is 1. The first-order valence-electron chi connectivity index (χ1n) is 19.0. The number of anilines is 1. The molecule has 3 N–H and O–H groups in total. The number of hydrogen-bond donors (Lipinski definition) is 3. The number of nitrogens with zero attached hydrogens (tertiary/aromatic N) is 4. The predicted molar refractivity (Wildman–Crippen MR) is 224 cm³/mol. The molecule has 1 aliphatic heterocycles. The summed E-state index contributed by atoms with van der Waals surface area (Å²) in [6, 6.07) is 50.4. The monoisotopic (exact) mass is 790 g/mol. The molecule has 1 saturated heterocycles. The Morgan fingerprint density at radius 1 is 0.776 bits per heavy atom. The van der Waals surface area contributed by atoms with Crippen LogP contribution < -0.4 is 15.4 Å². The summed E-state index contributed by atoms with van der Waals surface area (Å²) < 4.78 is 21.0. The van der Waals surface area contributed by atoms with Crippen molar-refractivity contribution >= 4 is 23.5 Å². The number of ether oxygens (including phenoxy) is 3. The second-order valence-electron chi connectivity index (χ2n) is 13.9. The lowest BCUT2D eigenvalue weighted by atomic mass is 9.91. The molecule has 0 saturated carbocycles. The van der Waals surface area contributed by atoms with Gasteiger partial charge in [0.1, 0.15) is 11.5 Å². The molecule has 0 aliphatic carbocycles. The van der Waals surface area contributed by atoms with Gasteiger partial charge in [0.25, 0.3) is 0 Å². The van der Waals surface area contributed by atoms with Gasteiger partial charge in [0.2, 0.25) is 5.16 Å². The average molecular weight is 791 g/mol. The van der Waals surface area contributed by atoms with Crippen LogP contribution >= 0.6 is 11.8 Å². The van der Waals surface area contributed by atoms with Crippen molar-refractivity contribution in [2.24, 2.45) is 5.92 Å². The van der Waals surface area contributed by atoms with Crippen LogP contribution in [0.1, 0.15) is 41.6 Å². The number of thioether (sulfide) groups is 1. The molecule has 6 aromatic carbocycles. The Balaban J connectivity index is 0.944. The topological polar surface area (TPSA) is 133 Å². The molecule has 2 amide bonds. The smallest absolute Gasteiger partial charge is 0.319 e. The van der Waals surface area contributed by atoms with Crippen molar-refractivity contribution in [3.05, 3.63) is 180 Å². The van der Waals surface area contributed by atoms with Crippen molar-refractivity contribution in [3.8, 4) is 28.3 Å². The molecular weight excluding hydrogens is 749 g/mol. The molecule has 7 aromatic rings. The molecule has 0 unspecified atom stereocenters. The molecule has 0 spiro atoms. The lowest BCUT2D eigenvalue weighted by molar-refractivity contribution is -0.268. The van der Waals surface area contributed by atoms with Gasteiger partial charge in [-0.2, -0.15) is 4.68 Å². The van der Waals surface area contributed by atoms with Gasteiger partial charge in [0.15, 0.2) is 6.29 Å². The highest BCUT2D eigenvalue weighted by Gasteiger charge is 2.38. The molecule has 292 valence electrons. The number of carbonyl (C=O) groups excluding carboxylic acids is 1. The maximum Gasteiger partial charge on any atom is 0.319 e. The summed E-state index contributed by atoms with van der Waals surface area (Å²) in [6.07, 6.45) is -1.10. The highest BCUT2D eigenvalue weighted by molar-refractivity contribution is 7.99. The summed E-state index contributed by atoms with van der Waals surface area (Å²) in [6.45, 7) is 2.44. The first-order valence-corrected chi connectivity index (χ1v) is 20.0. The van der Waals surface area contributed by atoms with Crippen molar-refractivity contribution in [2.45, 2.75) is 43.7 Å². The second kappa shape index (κ2) is 18.3. The minimum Gasteiger partial charge on any atom is -0.457 e. The maximum absolute atomic E-state index is 12.9. The van der Waals surface area contributed by atoms with E-state index < -0.39 is 6.29 Å². The van der Waals surface area contributed by atoms with Crippen molar-refractivity contribution in [1.82, 2.24) is 25.5 Å². The van der Waals surface area contributed by atoms with E-state index >= 15 is 0 Å². The number of urea groups is 1. The van der Waals surface area contributed by atoms with Gasteiger partial charge in [0.05, 0.1) is 24.5 Å². The van der Waals surface area contributed by atoms with Crippen molar-refractivity contribution in [1.29, 1.82) is 0 Å². The van der Waals surface area contributed by atoms with E-state index in [1.807, 2.05) is 133 Å². The Hall–Kier alpha value is -6.31. The van der Waals surface area contributed by atoms with E-state index in [1.165, 1.54) is 0 Å². The fraction of sp³-hybridized carbons (Fsp3) is 0.174. The third-order valence-electron chi connectivity index (χ3n) is 9.98. The third kappa shape index (κ3) is 9.28. The lowest BCUT2D eigenvalue weighted by Crippen LogP contribution is -2.38. The molecule has 12 heteroatoms. The number of rotatable bonds is 13. The Morgan fingerprint density at radius 2 is 1.45 bits per heavy atom. The highest BCUT2D eigenvalue weighted by Crippen LogP contribution is 2.43. The molecule has 8 rings (SSSR count). The molecule has 1 aromatic heterocycles. The minimum absolute atomic E-state index is 0.00588. The number of amides is 2. The van der Waals surface area contributed by atoms with Gasteiger partial charge in [0, 0.05) is 29.5 Å². The van der Waals surface area contributed by atoms with Crippen LogP contribution in [0.15, 0.2) is 163 Å². The first-order chi connectivity index (χ1) is 28.5. The lowest BCUT2D eigenvalue weighted by Gasteiger charge is -2.41. The normalized spacial score (nSPS) is 17.7. The van der Waals surface area contributed by atoms with Crippen LogP contribution in [0, 0.1) is 5.92 Å². The Morgan fingerprint density at radius 3 is 2.19 bits per heavy atom. The second-order valence-corrected chi connectivity index (χ2v) is 14.9. The van der Waals surface area contributed by atoms with E-state index in [2.05, 4.69) is 45.2 Å². The van der Waals surface area contributed by atoms with Crippen LogP contribution in [-0.4, -0.2) is 43.2 Å². The average Bonchev–Trinajstić information content (AvgIpc) is 3.76. The Kier molecular flexibility index (Phi) is 12.2. The minimum atomic E-state index is -0.636. The predicted octanol–water partition coefficient (Wildman–Crippen LogP) is 9.52. The van der Waals surface area contributed by atoms with Gasteiger partial charge in [-0.25, -0.2) is 4.79 Å². The van der Waals surface area contributed by atoms with Gasteiger partial charge in [-0.15, -0.1) is 5.10 Å². The quantitative estimate of drug-likeness (QED) is 0.0978. The number of aromatic nitrogens is 4. The molecule has 1 fully saturated rings. The number of benzene rings is 6. The highest BCUT2D eigenvalue weighted by atomic mass is 32.2. The van der Waals surface area contributed by atoms with Gasteiger partial charge >= 0.3 is 6.03 Å². The Bertz CT molecular complexity index is 2400. The molecule has 58 heavy (non-hydrogen) atoms. The van der Waals surface area contributed by atoms with Crippen LogP contribution in [0.2, 0.25) is 0 Å². The number of carbonyl (C=O) groups is 1. The number of nitrogens with one attached hydrogen (secondary N) is 2. The summed E-state index contributed by atoms with van der Waals surface area (Å²) in [7, 11) is 0. The van der Waals surface area contributed by atoms with E-state index in [9.17, 15) is 9.90 Å². The standard InChI is InChI=1S/C46H42N6O5S/c1-31-42(30-58-46-49-50-51-52(46)38-11-4-2-5-12-38)56-44(57-43(31)34-18-16-32(29-53)17-19-34)35-22-20-33(21-23-35)41-15-9-8-10-36(41)28-47-45(54)48-37-24-26-40(27-25-37)55-39-13-6-3-7-14-39/h2-27,31,42-44,53H,28-30H2,1H3,(H2,47,48,54)/t31-,42+,43+,44+/m1/s1. The summed E-state index contributed by atoms with van der Waals surface area (Å²) in [5, 5.41) is 28.7. The van der Waals surface area contributed by atoms with Gasteiger partial charge < -0.3 is 30.0 Å². The number of hydrogen-bond acceptors (Lipinski definition) is 9. The summed E-state index contributed by atoms with van der Waals surface area (Å²) >= 11 is 1.54. The molecule has 4 atom stereocenters. The van der Waals surface area contributed by atoms with E-state index in [4.69, 9.17) is 14.2 Å². The zero-order valence-electron chi connectivity index (χ0n) is 31.7. The van der Waals surface area contributed by atoms with E-state index in [-0.39, 0.29) is 30.8 Å². The summed E-state index contributed by atoms with van der Waals surface area (Å²) in [5.74, 6) is 2.02. The number of tetrazole rings is 1. The molecule has 11 nitrogen and oxygen atoms in total. The molecule has 1 aliphatic rings. The van der Waals surface area contributed by atoms with E-state index in [0.29, 0.717) is 28.9 Å². The van der Waals surface area contributed by atoms with Crippen LogP contribution in [0.5, 0.6) is 11.5 Å². The van der Waals surface area contributed by atoms with E-state index in [0.717, 1.165) is 44.8 Å². The fourth-order valence-electron chi connectivity index (χ4n) is 6.82. The zero-order chi connectivity index (χ0) is 39.7. The molecule has 0 bridgehead atoms. The van der Waals surface area contributed by atoms with Gasteiger partial charge in [-0.1, -0.05) is 128 Å². The number of aliphatic hydroxyl groups is 1. The van der Waals surface area contributed by atoms with E-state index in [1.54, 1.807) is 28.6 Å². The molecule has 2 heterocycles. The largest absolute Gasteiger partial charge is 0.457 e. The van der Waals surface area contributed by atoms with Gasteiger partial charge in [-0.3, -0.25) is 0 Å². The molecular formula is C46H42N6O5S. The fourth-order valence-corrected chi connectivity index (χ4v) is 7.88. The summed E-state index contributed by atoms with van der Waals surface area (Å²) in [5.41, 5.74) is 7.24. The number of para-hydroxylation sites is 2. The summed E-state index contributed by atoms with van der Waals surface area (Å²) in [4.78, 5) is 12.9. The van der Waals surface area contributed by atoms with Crippen LogP contribution in [0.3, 0.4) is 0 Å². The van der Waals surface area contributed by atoms with Crippen molar-refractivity contribution < 1.29 is 24.1 Å². The zero-order valence-corrected chi connectivity index (χ0v) is 32.5. The van der Waals surface area contributed by atoms with Crippen LogP contribution in [-0.2, 0) is 22.6 Å². The SMILES string of the molecule is C[C@@H]1[C@H](CSc2nnnn2-c2ccccc2)O[C@H](c2ccc(-c3ccccc3CNC(=O)Nc3ccc(Oc4ccccc4)cc3)cc2)O[C@@H]1c1ccc(CO)cc1. The molecule has 0 radical (unpaired) electrons. The third-order valence-corrected chi connectivity index (χ3v) is 11.0. The van der Waals surface area contributed by atoms with Crippen LogP contribution in [0.4, 0.5) is 10.5 Å².